The highest BCUT2D eigenvalue weighted by Crippen LogP contribution is 2.30. The van der Waals surface area contributed by atoms with Crippen LogP contribution in [-0.2, 0) is 10.8 Å². The van der Waals surface area contributed by atoms with Crippen molar-refractivity contribution < 1.29 is 9.32 Å². The zero-order valence-electron chi connectivity index (χ0n) is 17.0. The van der Waals surface area contributed by atoms with Gasteiger partial charge in [0.05, 0.1) is 45.1 Å². The molecular weight excluding hydrogens is 450 g/mol. The number of aliphatic hydroxyl groups is 1. The average Bonchev–Trinajstić information content (AvgIpc) is 3.33. The molecule has 0 radical (unpaired) electrons. The summed E-state index contributed by atoms with van der Waals surface area (Å²) in [6.45, 7) is -0.139. The summed E-state index contributed by atoms with van der Waals surface area (Å²) in [7, 11) is -1.19. The van der Waals surface area contributed by atoms with Crippen molar-refractivity contribution in [3.05, 3.63) is 71.5 Å². The number of nitrogens with zero attached hydrogens (tertiary/aromatic N) is 4. The van der Waals surface area contributed by atoms with E-state index in [1.54, 1.807) is 36.8 Å². The Morgan fingerprint density at radius 3 is 2.66 bits per heavy atom. The van der Waals surface area contributed by atoms with E-state index < -0.39 is 16.8 Å². The van der Waals surface area contributed by atoms with E-state index in [1.165, 1.54) is 0 Å². The number of nitrogens with one attached hydrogen (secondary N) is 3. The van der Waals surface area contributed by atoms with Crippen LogP contribution in [0, 0.1) is 0 Å². The Labute approximate surface area is 191 Å². The minimum absolute atomic E-state index is 0.139. The number of aromatic nitrogens is 5. The van der Waals surface area contributed by atoms with Crippen LogP contribution in [0.15, 0.2) is 65.8 Å². The Morgan fingerprint density at radius 2 is 2.00 bits per heavy atom. The molecule has 0 spiro atoms. The molecule has 0 fully saturated rings. The van der Waals surface area contributed by atoms with E-state index in [0.29, 0.717) is 38.6 Å². The zero-order valence-corrected chi connectivity index (χ0v) is 18.6. The number of H-pyrrole nitrogens is 1. The summed E-state index contributed by atoms with van der Waals surface area (Å²) in [4.78, 5) is 9.52. The third kappa shape index (κ3) is 4.93. The highest BCUT2D eigenvalue weighted by atomic mass is 35.5. The van der Waals surface area contributed by atoms with Crippen molar-refractivity contribution in [1.82, 2.24) is 25.4 Å². The Hall–Kier alpha value is -3.34. The van der Waals surface area contributed by atoms with Gasteiger partial charge in [-0.2, -0.15) is 20.4 Å². The van der Waals surface area contributed by atoms with E-state index in [9.17, 15) is 9.32 Å². The molecule has 0 bridgehead atoms. The van der Waals surface area contributed by atoms with Gasteiger partial charge in [0.15, 0.2) is 0 Å². The van der Waals surface area contributed by atoms with Crippen molar-refractivity contribution in [2.24, 2.45) is 0 Å². The standard InChI is InChI=1S/C21H20ClN7O2S/c1-32(31)19-8-7-14(9-16(19)22)25-21-23-10-15(17-11-24-29-28-17)20(27-21)26-18(12-30)13-5-3-2-4-6-13/h2-11,18,30H,12H2,1H3,(H,24,28,29)(H2,23,25,26,27)/t18-,32?/m1/s1. The van der Waals surface area contributed by atoms with Gasteiger partial charge in [-0.05, 0) is 23.8 Å². The first-order chi connectivity index (χ1) is 15.5. The molecule has 32 heavy (non-hydrogen) atoms. The number of rotatable bonds is 8. The average molecular weight is 470 g/mol. The van der Waals surface area contributed by atoms with Crippen LogP contribution in [-0.4, -0.2) is 47.6 Å². The quantitative estimate of drug-likeness (QED) is 0.308. The van der Waals surface area contributed by atoms with Crippen LogP contribution in [0.4, 0.5) is 17.5 Å². The van der Waals surface area contributed by atoms with Crippen LogP contribution in [0.2, 0.25) is 5.02 Å². The third-order valence-corrected chi connectivity index (χ3v) is 6.07. The second kappa shape index (κ2) is 9.86. The first-order valence-electron chi connectivity index (χ1n) is 9.60. The first-order valence-corrected chi connectivity index (χ1v) is 11.5. The van der Waals surface area contributed by atoms with Gasteiger partial charge in [-0.15, -0.1) is 0 Å². The molecule has 0 aliphatic heterocycles. The number of aromatic amines is 1. The monoisotopic (exact) mass is 469 g/mol. The zero-order chi connectivity index (χ0) is 22.5. The lowest BCUT2D eigenvalue weighted by molar-refractivity contribution is 0.276. The molecule has 4 rings (SSSR count). The molecule has 4 N–H and O–H groups in total. The van der Waals surface area contributed by atoms with Crippen LogP contribution in [0.1, 0.15) is 11.6 Å². The smallest absolute Gasteiger partial charge is 0.229 e. The Morgan fingerprint density at radius 1 is 1.19 bits per heavy atom. The SMILES string of the molecule is CS(=O)c1ccc(Nc2ncc(-c3cn[nH]n3)c(N[C@H](CO)c3ccccc3)n2)cc1Cl. The predicted octanol–water partition coefficient (Wildman–Crippen LogP) is 3.54. The number of aliphatic hydroxyl groups excluding tert-OH is 1. The van der Waals surface area contributed by atoms with Crippen LogP contribution >= 0.6 is 11.6 Å². The van der Waals surface area contributed by atoms with E-state index >= 15 is 0 Å². The van der Waals surface area contributed by atoms with Crippen LogP contribution in [0.5, 0.6) is 0 Å². The van der Waals surface area contributed by atoms with Crippen LogP contribution in [0.25, 0.3) is 11.3 Å². The molecule has 0 amide bonds. The molecular formula is C21H20ClN7O2S. The number of halogens is 1. The van der Waals surface area contributed by atoms with Gasteiger partial charge in [0.1, 0.15) is 11.5 Å². The van der Waals surface area contributed by atoms with Crippen molar-refractivity contribution in [3.8, 4) is 11.3 Å². The first kappa shape index (κ1) is 21.9. The lowest BCUT2D eigenvalue weighted by atomic mass is 10.1. The lowest BCUT2D eigenvalue weighted by Gasteiger charge is -2.19. The fourth-order valence-corrected chi connectivity index (χ4v) is 4.20. The van der Waals surface area contributed by atoms with Gasteiger partial charge in [-0.3, -0.25) is 4.21 Å². The number of hydrogen-bond donors (Lipinski definition) is 4. The third-order valence-electron chi connectivity index (χ3n) is 4.67. The second-order valence-electron chi connectivity index (χ2n) is 6.83. The van der Waals surface area contributed by atoms with Gasteiger partial charge in [-0.1, -0.05) is 41.9 Å². The van der Waals surface area contributed by atoms with Crippen molar-refractivity contribution in [1.29, 1.82) is 0 Å². The Kier molecular flexibility index (Phi) is 6.74. The molecule has 2 aromatic heterocycles. The summed E-state index contributed by atoms with van der Waals surface area (Å²) in [6.07, 6.45) is 4.76. The topological polar surface area (TPSA) is 129 Å². The van der Waals surface area contributed by atoms with Gasteiger partial charge in [-0.25, -0.2) is 4.98 Å². The van der Waals surface area contributed by atoms with Gasteiger partial charge in [0, 0.05) is 18.1 Å². The van der Waals surface area contributed by atoms with E-state index in [1.807, 2.05) is 30.3 Å². The summed E-state index contributed by atoms with van der Waals surface area (Å²) in [5.41, 5.74) is 2.73. The van der Waals surface area contributed by atoms with Gasteiger partial charge >= 0.3 is 0 Å². The number of anilines is 3. The highest BCUT2D eigenvalue weighted by Gasteiger charge is 2.17. The van der Waals surface area contributed by atoms with Gasteiger partial charge in [0.2, 0.25) is 5.95 Å². The molecule has 11 heteroatoms. The fraction of sp³-hybridized carbons (Fsp3) is 0.143. The van der Waals surface area contributed by atoms with Crippen molar-refractivity contribution in [3.63, 3.8) is 0 Å². The summed E-state index contributed by atoms with van der Waals surface area (Å²) >= 11 is 6.24. The lowest BCUT2D eigenvalue weighted by Crippen LogP contribution is -2.17. The molecule has 0 aliphatic carbocycles. The van der Waals surface area contributed by atoms with E-state index in [-0.39, 0.29) is 6.61 Å². The number of hydrogen-bond acceptors (Lipinski definition) is 8. The van der Waals surface area contributed by atoms with E-state index in [4.69, 9.17) is 11.6 Å². The van der Waals surface area contributed by atoms with E-state index in [0.717, 1.165) is 5.56 Å². The molecule has 0 saturated heterocycles. The summed E-state index contributed by atoms with van der Waals surface area (Å²) in [5.74, 6) is 0.780. The van der Waals surface area contributed by atoms with E-state index in [2.05, 4.69) is 36.0 Å². The Bertz CT molecular complexity index is 1220. The van der Waals surface area contributed by atoms with Gasteiger partial charge < -0.3 is 15.7 Å². The molecule has 1 unspecified atom stereocenters. The van der Waals surface area contributed by atoms with Crippen molar-refractivity contribution in [2.45, 2.75) is 10.9 Å². The maximum absolute atomic E-state index is 11.7. The largest absolute Gasteiger partial charge is 0.394 e. The van der Waals surface area contributed by atoms with Crippen molar-refractivity contribution >= 4 is 39.9 Å². The molecule has 2 atom stereocenters. The number of benzene rings is 2. The summed E-state index contributed by atoms with van der Waals surface area (Å²) in [5, 5.41) is 27.3. The minimum Gasteiger partial charge on any atom is -0.394 e. The Balaban J connectivity index is 1.67. The molecule has 164 valence electrons. The summed E-state index contributed by atoms with van der Waals surface area (Å²) in [6, 6.07) is 14.3. The highest BCUT2D eigenvalue weighted by molar-refractivity contribution is 7.84. The minimum atomic E-state index is -1.19. The molecule has 0 saturated carbocycles. The molecule has 9 nitrogen and oxygen atoms in total. The second-order valence-corrected chi connectivity index (χ2v) is 8.58. The normalized spacial score (nSPS) is 12.8. The molecule has 0 aliphatic rings. The summed E-state index contributed by atoms with van der Waals surface area (Å²) < 4.78 is 11.7. The van der Waals surface area contributed by atoms with Crippen LogP contribution in [0.3, 0.4) is 0 Å². The maximum atomic E-state index is 11.7. The fourth-order valence-electron chi connectivity index (χ4n) is 3.10. The molecule has 2 aromatic carbocycles. The predicted molar refractivity (Wildman–Crippen MR) is 124 cm³/mol. The molecule has 2 heterocycles. The molecule has 4 aromatic rings. The maximum Gasteiger partial charge on any atom is 0.229 e. The van der Waals surface area contributed by atoms with Crippen LogP contribution < -0.4 is 10.6 Å². The van der Waals surface area contributed by atoms with Gasteiger partial charge in [0.25, 0.3) is 0 Å². The van der Waals surface area contributed by atoms with Crippen molar-refractivity contribution in [2.75, 3.05) is 23.5 Å².